The highest BCUT2D eigenvalue weighted by Crippen LogP contribution is 2.25. The van der Waals surface area contributed by atoms with Crippen molar-refractivity contribution in [2.45, 2.75) is 25.7 Å². The van der Waals surface area contributed by atoms with Crippen LogP contribution in [0.15, 0.2) is 53.4 Å². The van der Waals surface area contributed by atoms with Gasteiger partial charge >= 0.3 is 0 Å². The average Bonchev–Trinajstić information content (AvgIpc) is 2.53. The number of benzene rings is 2. The van der Waals surface area contributed by atoms with Crippen molar-refractivity contribution in [1.82, 2.24) is 4.31 Å². The number of sulfonamides is 1. The second-order valence-electron chi connectivity index (χ2n) is 6.03. The van der Waals surface area contributed by atoms with Gasteiger partial charge in [-0.2, -0.15) is 4.31 Å². The highest BCUT2D eigenvalue weighted by atomic mass is 32.2. The summed E-state index contributed by atoms with van der Waals surface area (Å²) in [6.07, 6.45) is 4.23. The lowest BCUT2D eigenvalue weighted by Gasteiger charge is -2.21. The second kappa shape index (κ2) is 8.23. The third kappa shape index (κ3) is 4.65. The smallest absolute Gasteiger partial charge is 0.244 e. The van der Waals surface area contributed by atoms with E-state index in [1.165, 1.54) is 4.31 Å². The Balaban J connectivity index is 2.32. The SMILES string of the molecule is Cc1cc(C)c(S(=O)(=O)N(CC=O)C/C=C/c2ccccc2)c(C)c1. The van der Waals surface area contributed by atoms with Crippen LogP contribution in [0.5, 0.6) is 0 Å². The molecule has 0 unspecified atom stereocenters. The van der Waals surface area contributed by atoms with Crippen molar-refractivity contribution < 1.29 is 13.2 Å². The number of hydrogen-bond acceptors (Lipinski definition) is 3. The molecule has 0 fully saturated rings. The minimum absolute atomic E-state index is 0.142. The fraction of sp³-hybridized carbons (Fsp3) is 0.250. The molecule has 4 nitrogen and oxygen atoms in total. The summed E-state index contributed by atoms with van der Waals surface area (Å²) in [6, 6.07) is 13.3. The van der Waals surface area contributed by atoms with Gasteiger partial charge in [-0.25, -0.2) is 8.42 Å². The van der Waals surface area contributed by atoms with Crippen molar-refractivity contribution in [3.8, 4) is 0 Å². The molecule has 25 heavy (non-hydrogen) atoms. The molecule has 2 rings (SSSR count). The Bertz CT molecular complexity index is 848. The van der Waals surface area contributed by atoms with Crippen molar-refractivity contribution in [1.29, 1.82) is 0 Å². The minimum Gasteiger partial charge on any atom is -0.302 e. The maximum absolute atomic E-state index is 13.1. The number of aldehydes is 1. The number of nitrogens with zero attached hydrogens (tertiary/aromatic N) is 1. The minimum atomic E-state index is -3.74. The maximum Gasteiger partial charge on any atom is 0.244 e. The molecule has 0 radical (unpaired) electrons. The van der Waals surface area contributed by atoms with Gasteiger partial charge in [0, 0.05) is 6.54 Å². The van der Waals surface area contributed by atoms with E-state index in [1.807, 2.05) is 55.5 Å². The lowest BCUT2D eigenvalue weighted by Crippen LogP contribution is -2.33. The summed E-state index contributed by atoms with van der Waals surface area (Å²) < 4.78 is 27.3. The summed E-state index contributed by atoms with van der Waals surface area (Å²) in [5, 5.41) is 0. The highest BCUT2D eigenvalue weighted by molar-refractivity contribution is 7.89. The van der Waals surface area contributed by atoms with Gasteiger partial charge in [-0.3, -0.25) is 0 Å². The van der Waals surface area contributed by atoms with Crippen LogP contribution in [0.25, 0.3) is 6.08 Å². The van der Waals surface area contributed by atoms with Crippen LogP contribution in [0, 0.1) is 20.8 Å². The molecule has 0 saturated carbocycles. The Kier molecular flexibility index (Phi) is 6.28. The van der Waals surface area contributed by atoms with Gasteiger partial charge < -0.3 is 4.79 Å². The van der Waals surface area contributed by atoms with Gasteiger partial charge in [-0.1, -0.05) is 60.2 Å². The van der Waals surface area contributed by atoms with Gasteiger partial charge in [0.15, 0.2) is 0 Å². The third-order valence-electron chi connectivity index (χ3n) is 3.90. The molecule has 0 spiro atoms. The van der Waals surface area contributed by atoms with Gasteiger partial charge in [0.25, 0.3) is 0 Å². The Morgan fingerprint density at radius 3 is 2.12 bits per heavy atom. The second-order valence-corrected chi connectivity index (χ2v) is 7.90. The largest absolute Gasteiger partial charge is 0.302 e. The lowest BCUT2D eigenvalue weighted by atomic mass is 10.1. The first-order chi connectivity index (χ1) is 11.9. The zero-order valence-electron chi connectivity index (χ0n) is 14.8. The average molecular weight is 357 g/mol. The van der Waals surface area contributed by atoms with Crippen molar-refractivity contribution in [3.63, 3.8) is 0 Å². The number of carbonyl (C=O) groups excluding carboxylic acids is 1. The molecular weight excluding hydrogens is 334 g/mol. The topological polar surface area (TPSA) is 54.5 Å². The van der Waals surface area contributed by atoms with E-state index in [9.17, 15) is 13.2 Å². The first kappa shape index (κ1) is 19.1. The van der Waals surface area contributed by atoms with E-state index in [-0.39, 0.29) is 18.0 Å². The van der Waals surface area contributed by atoms with E-state index >= 15 is 0 Å². The van der Waals surface area contributed by atoms with E-state index < -0.39 is 10.0 Å². The first-order valence-corrected chi connectivity index (χ1v) is 9.53. The van der Waals surface area contributed by atoms with Crippen LogP contribution < -0.4 is 0 Å². The van der Waals surface area contributed by atoms with E-state index in [0.29, 0.717) is 17.4 Å². The zero-order chi connectivity index (χ0) is 18.4. The number of hydrogen-bond donors (Lipinski definition) is 0. The van der Waals surface area contributed by atoms with Gasteiger partial charge in [-0.05, 0) is 37.5 Å². The summed E-state index contributed by atoms with van der Waals surface area (Å²) in [6.45, 7) is 5.47. The van der Waals surface area contributed by atoms with Crippen LogP contribution in [0.2, 0.25) is 0 Å². The van der Waals surface area contributed by atoms with Crippen LogP contribution in [0.3, 0.4) is 0 Å². The van der Waals surface area contributed by atoms with Crippen LogP contribution in [0.4, 0.5) is 0 Å². The molecule has 0 heterocycles. The van der Waals surface area contributed by atoms with Crippen molar-refractivity contribution in [3.05, 3.63) is 70.8 Å². The molecule has 0 saturated heterocycles. The summed E-state index contributed by atoms with van der Waals surface area (Å²) in [7, 11) is -3.74. The lowest BCUT2D eigenvalue weighted by molar-refractivity contribution is -0.108. The maximum atomic E-state index is 13.1. The summed E-state index contributed by atoms with van der Waals surface area (Å²) in [4.78, 5) is 11.3. The molecule has 2 aromatic rings. The highest BCUT2D eigenvalue weighted by Gasteiger charge is 2.26. The van der Waals surface area contributed by atoms with E-state index in [2.05, 4.69) is 0 Å². The Morgan fingerprint density at radius 2 is 1.56 bits per heavy atom. The summed E-state index contributed by atoms with van der Waals surface area (Å²) >= 11 is 0. The summed E-state index contributed by atoms with van der Waals surface area (Å²) in [5.74, 6) is 0. The first-order valence-electron chi connectivity index (χ1n) is 8.09. The Hall–Kier alpha value is -2.24. The van der Waals surface area contributed by atoms with Gasteiger partial charge in [0.05, 0.1) is 11.4 Å². The fourth-order valence-corrected chi connectivity index (χ4v) is 4.66. The van der Waals surface area contributed by atoms with E-state index in [4.69, 9.17) is 0 Å². The van der Waals surface area contributed by atoms with E-state index in [0.717, 1.165) is 11.1 Å². The molecule has 0 aliphatic rings. The molecule has 0 bridgehead atoms. The van der Waals surface area contributed by atoms with Crippen LogP contribution in [-0.2, 0) is 14.8 Å². The van der Waals surface area contributed by atoms with Crippen LogP contribution >= 0.6 is 0 Å². The Labute approximate surface area is 149 Å². The van der Waals surface area contributed by atoms with Gasteiger partial charge in [0.1, 0.15) is 6.29 Å². The molecule has 0 aliphatic heterocycles. The zero-order valence-corrected chi connectivity index (χ0v) is 15.6. The number of aryl methyl sites for hydroxylation is 3. The molecule has 2 aromatic carbocycles. The molecule has 0 amide bonds. The van der Waals surface area contributed by atoms with Gasteiger partial charge in [0.2, 0.25) is 10.0 Å². The standard InChI is InChI=1S/C20H23NO3S/c1-16-14-17(2)20(18(3)15-16)25(23,24)21(12-13-22)11-7-10-19-8-5-4-6-9-19/h4-10,13-15H,11-12H2,1-3H3/b10-7+. The van der Waals surface area contributed by atoms with Crippen molar-refractivity contribution >= 4 is 22.4 Å². The molecule has 5 heteroatoms. The number of rotatable bonds is 7. The normalized spacial score (nSPS) is 12.0. The van der Waals surface area contributed by atoms with Crippen LogP contribution in [0.1, 0.15) is 22.3 Å². The monoisotopic (exact) mass is 357 g/mol. The molecule has 0 aliphatic carbocycles. The molecular formula is C20H23NO3S. The van der Waals surface area contributed by atoms with Crippen molar-refractivity contribution in [2.75, 3.05) is 13.1 Å². The molecule has 132 valence electrons. The number of carbonyl (C=O) groups is 1. The molecule has 0 aromatic heterocycles. The van der Waals surface area contributed by atoms with Crippen molar-refractivity contribution in [2.24, 2.45) is 0 Å². The fourth-order valence-electron chi connectivity index (χ4n) is 2.93. The quantitative estimate of drug-likeness (QED) is 0.713. The van der Waals surface area contributed by atoms with Crippen LogP contribution in [-0.4, -0.2) is 32.1 Å². The van der Waals surface area contributed by atoms with E-state index in [1.54, 1.807) is 19.9 Å². The predicted octanol–water partition coefficient (Wildman–Crippen LogP) is 3.51. The third-order valence-corrected chi connectivity index (χ3v) is 6.04. The van der Waals surface area contributed by atoms with Gasteiger partial charge in [-0.15, -0.1) is 0 Å². The Morgan fingerprint density at radius 1 is 0.960 bits per heavy atom. The molecule has 0 atom stereocenters. The summed E-state index contributed by atoms with van der Waals surface area (Å²) in [5.41, 5.74) is 3.38. The molecule has 0 N–H and O–H groups in total. The predicted molar refractivity (Wildman–Crippen MR) is 101 cm³/mol.